The first-order valence-electron chi connectivity index (χ1n) is 8.76. The molecule has 1 fully saturated rings. The third kappa shape index (κ3) is 4.79. The van der Waals surface area contributed by atoms with Gasteiger partial charge in [-0.3, -0.25) is 0 Å². The molecule has 1 aromatic heterocycles. The van der Waals surface area contributed by atoms with Crippen molar-refractivity contribution in [3.05, 3.63) is 48.0 Å². The van der Waals surface area contributed by atoms with Gasteiger partial charge in [-0.25, -0.2) is 14.5 Å². The van der Waals surface area contributed by atoms with E-state index in [1.54, 1.807) is 11.0 Å². The van der Waals surface area contributed by atoms with Gasteiger partial charge in [-0.05, 0) is 24.5 Å². The number of nitrogens with zero attached hydrogens (tertiary/aromatic N) is 4. The van der Waals surface area contributed by atoms with Crippen LogP contribution in [0.15, 0.2) is 36.9 Å². The lowest BCUT2D eigenvalue weighted by atomic mass is 10.1. The van der Waals surface area contributed by atoms with Crippen molar-refractivity contribution in [1.82, 2.24) is 25.0 Å². The molecule has 1 aliphatic rings. The Morgan fingerprint density at radius 1 is 1.40 bits per heavy atom. The summed E-state index contributed by atoms with van der Waals surface area (Å²) in [5.41, 5.74) is 2.21. The summed E-state index contributed by atoms with van der Waals surface area (Å²) in [6, 6.07) is 8.05. The third-order valence-corrected chi connectivity index (χ3v) is 4.52. The second-order valence-corrected chi connectivity index (χ2v) is 6.29. The molecule has 0 bridgehead atoms. The first kappa shape index (κ1) is 17.4. The maximum atomic E-state index is 12.5. The zero-order valence-corrected chi connectivity index (χ0v) is 14.6. The smallest absolute Gasteiger partial charge is 0.317 e. The Hall–Kier alpha value is -2.41. The molecule has 7 nitrogen and oxygen atoms in total. The summed E-state index contributed by atoms with van der Waals surface area (Å²) in [6.07, 6.45) is 4.25. The summed E-state index contributed by atoms with van der Waals surface area (Å²) in [7, 11) is 0. The number of urea groups is 1. The molecule has 1 saturated heterocycles. The van der Waals surface area contributed by atoms with Crippen LogP contribution in [0.25, 0.3) is 0 Å². The van der Waals surface area contributed by atoms with Crippen molar-refractivity contribution in [2.24, 2.45) is 5.92 Å². The fourth-order valence-electron chi connectivity index (χ4n) is 3.05. The Balaban J connectivity index is 1.57. The molecule has 2 aromatic rings. The molecule has 0 saturated carbocycles. The normalized spacial score (nSPS) is 16.8. The van der Waals surface area contributed by atoms with E-state index in [9.17, 15) is 4.79 Å². The molecule has 0 spiro atoms. The Bertz CT molecular complexity index is 668. The third-order valence-electron chi connectivity index (χ3n) is 4.52. The van der Waals surface area contributed by atoms with Crippen molar-refractivity contribution < 1.29 is 9.53 Å². The standard InChI is InChI=1S/C18H25N5O2/c1-2-22(10-15-7-8-25-12-15)18(24)20-9-16-5-3-4-6-17(16)11-23-14-19-13-21-23/h3-6,13-15H,2,7-12H2,1H3,(H,20,24). The molecule has 2 amide bonds. The van der Waals surface area contributed by atoms with E-state index in [-0.39, 0.29) is 6.03 Å². The van der Waals surface area contributed by atoms with Crippen molar-refractivity contribution in [2.75, 3.05) is 26.3 Å². The van der Waals surface area contributed by atoms with E-state index in [0.717, 1.165) is 37.3 Å². The summed E-state index contributed by atoms with van der Waals surface area (Å²) in [4.78, 5) is 18.3. The van der Waals surface area contributed by atoms with Gasteiger partial charge in [-0.1, -0.05) is 24.3 Å². The molecule has 1 aromatic carbocycles. The van der Waals surface area contributed by atoms with Crippen LogP contribution in [0.4, 0.5) is 4.79 Å². The van der Waals surface area contributed by atoms with Crippen LogP contribution in [0.3, 0.4) is 0 Å². The average molecular weight is 343 g/mol. The lowest BCUT2D eigenvalue weighted by Crippen LogP contribution is -2.42. The summed E-state index contributed by atoms with van der Waals surface area (Å²) in [6.45, 7) is 6.16. The highest BCUT2D eigenvalue weighted by Gasteiger charge is 2.21. The fourth-order valence-corrected chi connectivity index (χ4v) is 3.05. The lowest BCUT2D eigenvalue weighted by Gasteiger charge is -2.24. The number of benzene rings is 1. The highest BCUT2D eigenvalue weighted by atomic mass is 16.5. The van der Waals surface area contributed by atoms with E-state index < -0.39 is 0 Å². The number of nitrogens with one attached hydrogen (secondary N) is 1. The van der Waals surface area contributed by atoms with Crippen LogP contribution >= 0.6 is 0 Å². The van der Waals surface area contributed by atoms with Crippen LogP contribution in [0.2, 0.25) is 0 Å². The summed E-state index contributed by atoms with van der Waals surface area (Å²) >= 11 is 0. The van der Waals surface area contributed by atoms with Crippen molar-refractivity contribution in [2.45, 2.75) is 26.4 Å². The summed E-state index contributed by atoms with van der Waals surface area (Å²) < 4.78 is 7.18. The van der Waals surface area contributed by atoms with Crippen LogP contribution in [0, 0.1) is 5.92 Å². The average Bonchev–Trinajstić information content (AvgIpc) is 3.32. The molecule has 134 valence electrons. The van der Waals surface area contributed by atoms with Crippen LogP contribution in [-0.2, 0) is 17.8 Å². The highest BCUT2D eigenvalue weighted by molar-refractivity contribution is 5.74. The van der Waals surface area contributed by atoms with Crippen LogP contribution in [0.1, 0.15) is 24.5 Å². The van der Waals surface area contributed by atoms with Gasteiger partial charge in [-0.15, -0.1) is 0 Å². The van der Waals surface area contributed by atoms with Crippen molar-refractivity contribution in [1.29, 1.82) is 0 Å². The molecular formula is C18H25N5O2. The topological polar surface area (TPSA) is 72.3 Å². The summed E-state index contributed by atoms with van der Waals surface area (Å²) in [5.74, 6) is 0.449. The number of aromatic nitrogens is 3. The highest BCUT2D eigenvalue weighted by Crippen LogP contribution is 2.14. The number of ether oxygens (including phenoxy) is 1. The minimum atomic E-state index is -0.0232. The van der Waals surface area contributed by atoms with E-state index in [2.05, 4.69) is 21.5 Å². The van der Waals surface area contributed by atoms with E-state index in [1.165, 1.54) is 6.33 Å². The van der Waals surface area contributed by atoms with Gasteiger partial charge < -0.3 is 15.0 Å². The van der Waals surface area contributed by atoms with Crippen LogP contribution in [-0.4, -0.2) is 52.0 Å². The number of amides is 2. The molecule has 0 aliphatic carbocycles. The van der Waals surface area contributed by atoms with E-state index in [0.29, 0.717) is 25.6 Å². The maximum absolute atomic E-state index is 12.5. The molecule has 0 radical (unpaired) electrons. The molecule has 25 heavy (non-hydrogen) atoms. The maximum Gasteiger partial charge on any atom is 0.317 e. The van der Waals surface area contributed by atoms with Crippen molar-refractivity contribution >= 4 is 6.03 Å². The van der Waals surface area contributed by atoms with E-state index >= 15 is 0 Å². The number of hydrogen-bond acceptors (Lipinski definition) is 4. The largest absolute Gasteiger partial charge is 0.381 e. The predicted molar refractivity (Wildman–Crippen MR) is 94.0 cm³/mol. The minimum Gasteiger partial charge on any atom is -0.381 e. The molecule has 1 N–H and O–H groups in total. The monoisotopic (exact) mass is 343 g/mol. The molecule has 2 heterocycles. The fraction of sp³-hybridized carbons (Fsp3) is 0.500. The molecule has 1 unspecified atom stereocenters. The number of hydrogen-bond donors (Lipinski definition) is 1. The zero-order valence-electron chi connectivity index (χ0n) is 14.6. The van der Waals surface area contributed by atoms with Crippen LogP contribution < -0.4 is 5.32 Å². The number of rotatable bonds is 7. The van der Waals surface area contributed by atoms with Gasteiger partial charge in [0.05, 0.1) is 13.2 Å². The summed E-state index contributed by atoms with van der Waals surface area (Å²) in [5, 5.41) is 7.19. The van der Waals surface area contributed by atoms with Gasteiger partial charge in [0, 0.05) is 32.2 Å². The molecule has 7 heteroatoms. The van der Waals surface area contributed by atoms with Gasteiger partial charge in [0.25, 0.3) is 0 Å². The zero-order chi connectivity index (χ0) is 17.5. The molecular weight excluding hydrogens is 318 g/mol. The van der Waals surface area contributed by atoms with E-state index in [1.807, 2.05) is 30.0 Å². The Labute approximate surface area is 148 Å². The number of carbonyl (C=O) groups is 1. The second-order valence-electron chi connectivity index (χ2n) is 6.29. The van der Waals surface area contributed by atoms with Gasteiger partial charge in [0.2, 0.25) is 0 Å². The minimum absolute atomic E-state index is 0.0232. The lowest BCUT2D eigenvalue weighted by molar-refractivity contribution is 0.166. The Kier molecular flexibility index (Phi) is 6.00. The van der Waals surface area contributed by atoms with Crippen LogP contribution in [0.5, 0.6) is 0 Å². The molecule has 1 aliphatic heterocycles. The first-order valence-corrected chi connectivity index (χ1v) is 8.76. The molecule has 1 atom stereocenters. The van der Waals surface area contributed by atoms with Gasteiger partial charge in [-0.2, -0.15) is 5.10 Å². The molecule has 3 rings (SSSR count). The van der Waals surface area contributed by atoms with Gasteiger partial charge >= 0.3 is 6.03 Å². The Morgan fingerprint density at radius 3 is 2.92 bits per heavy atom. The Morgan fingerprint density at radius 2 is 2.24 bits per heavy atom. The first-order chi connectivity index (χ1) is 12.3. The van der Waals surface area contributed by atoms with Crippen molar-refractivity contribution in [3.8, 4) is 0 Å². The van der Waals surface area contributed by atoms with Gasteiger partial charge in [0.1, 0.15) is 12.7 Å². The van der Waals surface area contributed by atoms with E-state index in [4.69, 9.17) is 4.74 Å². The quantitative estimate of drug-likeness (QED) is 0.833. The predicted octanol–water partition coefficient (Wildman–Crippen LogP) is 1.89. The second kappa shape index (κ2) is 8.62. The van der Waals surface area contributed by atoms with Crippen molar-refractivity contribution in [3.63, 3.8) is 0 Å². The SMILES string of the molecule is CCN(CC1CCOC1)C(=O)NCc1ccccc1Cn1cncn1. The number of carbonyl (C=O) groups excluding carboxylic acids is 1. The van der Waals surface area contributed by atoms with Gasteiger partial charge in [0.15, 0.2) is 0 Å².